The van der Waals surface area contributed by atoms with Crippen molar-refractivity contribution >= 4 is 17.5 Å². The molecule has 6 nitrogen and oxygen atoms in total. The summed E-state index contributed by atoms with van der Waals surface area (Å²) >= 11 is 6.31. The Kier molecular flexibility index (Phi) is 4.31. The summed E-state index contributed by atoms with van der Waals surface area (Å²) in [5, 5.41) is 4.78. The predicted molar refractivity (Wildman–Crippen MR) is 96.0 cm³/mol. The first-order valence-electron chi connectivity index (χ1n) is 9.09. The molecular weight excluding hydrogens is 338 g/mol. The predicted octanol–water partition coefficient (Wildman–Crippen LogP) is 2.93. The maximum Gasteiger partial charge on any atom is 0.275 e. The smallest absolute Gasteiger partial charge is 0.275 e. The zero-order valence-electron chi connectivity index (χ0n) is 14.8. The standard InChI is InChI=1S/C18H24ClN5O/c1-12-15(19)16(21-22(12)2)18(25)23-8-5-6-13(11-23)17-20-10-14-7-3-4-9-24(14)17/h10,13H,3-9,11H2,1-2H3/t13-/m0/s1. The van der Waals surface area contributed by atoms with Crippen LogP contribution in [-0.4, -0.2) is 43.2 Å². The van der Waals surface area contributed by atoms with E-state index in [1.807, 2.05) is 25.1 Å². The highest BCUT2D eigenvalue weighted by Gasteiger charge is 2.31. The van der Waals surface area contributed by atoms with Crippen LogP contribution in [0.15, 0.2) is 6.20 Å². The molecule has 0 N–H and O–H groups in total. The summed E-state index contributed by atoms with van der Waals surface area (Å²) in [6, 6.07) is 0. The molecule has 2 aliphatic heterocycles. The van der Waals surface area contributed by atoms with Gasteiger partial charge in [0.2, 0.25) is 0 Å². The SMILES string of the molecule is Cc1c(Cl)c(C(=O)N2CCC[C@H](c3ncc4n3CCCC4)C2)nn1C. The van der Waals surface area contributed by atoms with E-state index < -0.39 is 0 Å². The first-order valence-corrected chi connectivity index (χ1v) is 9.46. The monoisotopic (exact) mass is 361 g/mol. The summed E-state index contributed by atoms with van der Waals surface area (Å²) in [6.45, 7) is 4.39. The van der Waals surface area contributed by atoms with Crippen LogP contribution in [-0.2, 0) is 20.0 Å². The summed E-state index contributed by atoms with van der Waals surface area (Å²) in [4.78, 5) is 19.5. The lowest BCUT2D eigenvalue weighted by Gasteiger charge is -2.33. The van der Waals surface area contributed by atoms with Crippen LogP contribution < -0.4 is 0 Å². The van der Waals surface area contributed by atoms with Gasteiger partial charge in [0.15, 0.2) is 5.69 Å². The Morgan fingerprint density at radius 2 is 2.12 bits per heavy atom. The van der Waals surface area contributed by atoms with Gasteiger partial charge in [-0.15, -0.1) is 0 Å². The molecule has 4 rings (SSSR count). The molecule has 1 atom stereocenters. The van der Waals surface area contributed by atoms with Crippen molar-refractivity contribution in [2.45, 2.75) is 51.5 Å². The number of hydrogen-bond acceptors (Lipinski definition) is 3. The summed E-state index contributed by atoms with van der Waals surface area (Å²) in [6.07, 6.45) is 7.67. The number of carbonyl (C=O) groups excluding carboxylic acids is 1. The highest BCUT2D eigenvalue weighted by molar-refractivity contribution is 6.34. The van der Waals surface area contributed by atoms with Crippen molar-refractivity contribution in [3.8, 4) is 0 Å². The first kappa shape index (κ1) is 16.6. The third-order valence-corrected chi connectivity index (χ3v) is 6.02. The molecule has 4 heterocycles. The lowest BCUT2D eigenvalue weighted by molar-refractivity contribution is 0.0696. The molecule has 7 heteroatoms. The van der Waals surface area contributed by atoms with E-state index in [4.69, 9.17) is 16.6 Å². The first-order chi connectivity index (χ1) is 12.1. The van der Waals surface area contributed by atoms with Crippen molar-refractivity contribution in [2.75, 3.05) is 13.1 Å². The van der Waals surface area contributed by atoms with Crippen LogP contribution in [0, 0.1) is 6.92 Å². The Bertz CT molecular complexity index is 809. The fourth-order valence-electron chi connectivity index (χ4n) is 4.03. The number of imidazole rings is 1. The Hall–Kier alpha value is -1.82. The molecule has 2 aromatic rings. The molecule has 0 unspecified atom stereocenters. The number of rotatable bonds is 2. The maximum absolute atomic E-state index is 12.9. The molecule has 0 spiro atoms. The van der Waals surface area contributed by atoms with Crippen molar-refractivity contribution in [1.29, 1.82) is 0 Å². The molecule has 1 fully saturated rings. The van der Waals surface area contributed by atoms with Gasteiger partial charge in [0.25, 0.3) is 5.91 Å². The van der Waals surface area contributed by atoms with Crippen molar-refractivity contribution in [3.63, 3.8) is 0 Å². The summed E-state index contributed by atoms with van der Waals surface area (Å²) in [5.41, 5.74) is 2.53. The van der Waals surface area contributed by atoms with Gasteiger partial charge in [0, 0.05) is 44.5 Å². The summed E-state index contributed by atoms with van der Waals surface area (Å²) in [5.74, 6) is 1.38. The molecule has 0 aromatic carbocycles. The van der Waals surface area contributed by atoms with Crippen molar-refractivity contribution in [1.82, 2.24) is 24.2 Å². The minimum absolute atomic E-state index is 0.0659. The average molecular weight is 362 g/mol. The van der Waals surface area contributed by atoms with Gasteiger partial charge in [-0.25, -0.2) is 4.98 Å². The second kappa shape index (κ2) is 6.48. The zero-order chi connectivity index (χ0) is 17.6. The molecule has 1 amide bonds. The molecule has 25 heavy (non-hydrogen) atoms. The average Bonchev–Trinajstić information content (AvgIpc) is 3.18. The third-order valence-electron chi connectivity index (χ3n) is 5.57. The topological polar surface area (TPSA) is 56.0 Å². The highest BCUT2D eigenvalue weighted by Crippen LogP contribution is 2.30. The van der Waals surface area contributed by atoms with Gasteiger partial charge < -0.3 is 9.47 Å². The van der Waals surface area contributed by atoms with Gasteiger partial charge >= 0.3 is 0 Å². The number of carbonyl (C=O) groups is 1. The second-order valence-electron chi connectivity index (χ2n) is 7.18. The molecule has 134 valence electrons. The summed E-state index contributed by atoms with van der Waals surface area (Å²) < 4.78 is 4.04. The third kappa shape index (κ3) is 2.86. The van der Waals surface area contributed by atoms with Crippen molar-refractivity contribution in [2.24, 2.45) is 7.05 Å². The lowest BCUT2D eigenvalue weighted by atomic mass is 9.96. The van der Waals surface area contributed by atoms with Crippen LogP contribution in [0.25, 0.3) is 0 Å². The van der Waals surface area contributed by atoms with Gasteiger partial charge in [0.1, 0.15) is 5.82 Å². The van der Waals surface area contributed by atoms with Crippen LogP contribution >= 0.6 is 11.6 Å². The van der Waals surface area contributed by atoms with E-state index in [0.717, 1.165) is 43.9 Å². The second-order valence-corrected chi connectivity index (χ2v) is 7.56. The van der Waals surface area contributed by atoms with E-state index in [1.165, 1.54) is 18.5 Å². The van der Waals surface area contributed by atoms with E-state index in [2.05, 4.69) is 9.67 Å². The fourth-order valence-corrected chi connectivity index (χ4v) is 4.27. The molecule has 2 aliphatic rings. The van der Waals surface area contributed by atoms with Gasteiger partial charge in [-0.1, -0.05) is 11.6 Å². The Morgan fingerprint density at radius 3 is 2.88 bits per heavy atom. The van der Waals surface area contributed by atoms with Crippen molar-refractivity contribution in [3.05, 3.63) is 34.1 Å². The minimum atomic E-state index is -0.0659. The molecule has 2 aromatic heterocycles. The Morgan fingerprint density at radius 1 is 1.28 bits per heavy atom. The Balaban J connectivity index is 1.56. The van der Waals surface area contributed by atoms with E-state index in [9.17, 15) is 4.79 Å². The van der Waals surface area contributed by atoms with Crippen LogP contribution in [0.2, 0.25) is 5.02 Å². The largest absolute Gasteiger partial charge is 0.336 e. The van der Waals surface area contributed by atoms with Crippen LogP contribution in [0.3, 0.4) is 0 Å². The molecule has 0 saturated carbocycles. The molecule has 1 saturated heterocycles. The number of fused-ring (bicyclic) bond motifs is 1. The van der Waals surface area contributed by atoms with E-state index >= 15 is 0 Å². The summed E-state index contributed by atoms with van der Waals surface area (Å²) in [7, 11) is 1.81. The van der Waals surface area contributed by atoms with E-state index in [0.29, 0.717) is 23.2 Å². The maximum atomic E-state index is 12.9. The quantitative estimate of drug-likeness (QED) is 0.826. The number of nitrogens with zero attached hydrogens (tertiary/aromatic N) is 5. The molecule has 0 radical (unpaired) electrons. The normalized spacial score (nSPS) is 20.6. The molecule has 0 bridgehead atoms. The minimum Gasteiger partial charge on any atom is -0.336 e. The number of halogens is 1. The number of aryl methyl sites for hydroxylation is 2. The van der Waals surface area contributed by atoms with Gasteiger partial charge in [-0.3, -0.25) is 9.48 Å². The fraction of sp³-hybridized carbons (Fsp3) is 0.611. The van der Waals surface area contributed by atoms with E-state index in [1.54, 1.807) is 4.68 Å². The number of amides is 1. The van der Waals surface area contributed by atoms with Crippen LogP contribution in [0.5, 0.6) is 0 Å². The zero-order valence-corrected chi connectivity index (χ0v) is 15.6. The van der Waals surface area contributed by atoms with Crippen molar-refractivity contribution < 1.29 is 4.79 Å². The van der Waals surface area contributed by atoms with Crippen LogP contribution in [0.1, 0.15) is 59.3 Å². The van der Waals surface area contributed by atoms with Gasteiger partial charge in [0.05, 0.1) is 10.7 Å². The van der Waals surface area contributed by atoms with Gasteiger partial charge in [-0.05, 0) is 39.0 Å². The lowest BCUT2D eigenvalue weighted by Crippen LogP contribution is -2.40. The number of likely N-dealkylation sites (tertiary alicyclic amines) is 1. The number of hydrogen-bond donors (Lipinski definition) is 0. The molecular formula is C18H24ClN5O. The molecule has 0 aliphatic carbocycles. The van der Waals surface area contributed by atoms with Crippen LogP contribution in [0.4, 0.5) is 0 Å². The highest BCUT2D eigenvalue weighted by atomic mass is 35.5. The Labute approximate surface area is 152 Å². The number of aromatic nitrogens is 4. The van der Waals surface area contributed by atoms with Gasteiger partial charge in [-0.2, -0.15) is 5.10 Å². The number of piperidine rings is 1. The van der Waals surface area contributed by atoms with E-state index in [-0.39, 0.29) is 5.91 Å².